The van der Waals surface area contributed by atoms with Gasteiger partial charge in [-0.2, -0.15) is 0 Å². The van der Waals surface area contributed by atoms with Crippen molar-refractivity contribution in [3.8, 4) is 11.1 Å². The Kier molecular flexibility index (Phi) is 10.0. The van der Waals surface area contributed by atoms with Gasteiger partial charge < -0.3 is 24.8 Å². The Bertz CT molecular complexity index is 1990. The molecule has 324 valence electrons. The molecule has 2 aromatic carbocycles. The van der Waals surface area contributed by atoms with Crippen molar-refractivity contribution in [1.29, 1.82) is 0 Å². The fourth-order valence-corrected chi connectivity index (χ4v) is 21.2. The van der Waals surface area contributed by atoms with Crippen LogP contribution in [0.2, 0.25) is 0 Å². The van der Waals surface area contributed by atoms with Crippen LogP contribution < -0.4 is 24.8 Å². The van der Waals surface area contributed by atoms with Gasteiger partial charge in [-0.3, -0.25) is 0 Å². The number of rotatable bonds is 5. The maximum atomic E-state index is 2.99. The number of allylic oxidation sites excluding steroid dienone is 4. The first kappa shape index (κ1) is 43.0. The number of halogens is 2. The molecule has 2 aromatic rings. The Balaban J connectivity index is 0.00000140. The molecule has 12 fully saturated rings. The Hall–Kier alpha value is -0.617. The van der Waals surface area contributed by atoms with Gasteiger partial charge in [-0.15, -0.1) is 0 Å². The first-order valence-corrected chi connectivity index (χ1v) is 25.6. The molecule has 12 bridgehead atoms. The van der Waals surface area contributed by atoms with Crippen molar-refractivity contribution in [3.05, 3.63) is 81.4 Å². The van der Waals surface area contributed by atoms with Crippen LogP contribution in [-0.4, -0.2) is 0 Å². The molecule has 0 nitrogen and oxygen atoms in total. The molecule has 15 aliphatic rings. The van der Waals surface area contributed by atoms with Crippen LogP contribution in [0.1, 0.15) is 191 Å². The van der Waals surface area contributed by atoms with Crippen LogP contribution >= 0.6 is 0 Å². The predicted molar refractivity (Wildman–Crippen MR) is 239 cm³/mol. The van der Waals surface area contributed by atoms with Crippen molar-refractivity contribution < 1.29 is 51.0 Å². The van der Waals surface area contributed by atoms with E-state index in [2.05, 4.69) is 77.1 Å². The molecule has 0 heterocycles. The molecule has 17 rings (SSSR count). The van der Waals surface area contributed by atoms with Crippen LogP contribution in [0.25, 0.3) is 11.1 Å². The summed E-state index contributed by atoms with van der Waals surface area (Å²) < 4.78 is 0. The summed E-state index contributed by atoms with van der Waals surface area (Å²) >= 11 is 0. The van der Waals surface area contributed by atoms with Gasteiger partial charge in [-0.25, -0.2) is 0 Å². The molecule has 2 atom stereocenters. The number of hydrogen-bond donors (Lipinski definition) is 0. The van der Waals surface area contributed by atoms with Crippen LogP contribution in [0.15, 0.2) is 59.2 Å². The van der Waals surface area contributed by atoms with E-state index in [0.717, 1.165) is 53.3 Å². The normalized spacial score (nSPS) is 46.0. The van der Waals surface area contributed by atoms with Gasteiger partial charge in [-0.1, -0.05) is 88.2 Å². The summed E-state index contributed by atoms with van der Waals surface area (Å²) in [6.45, 7) is 13.1. The van der Waals surface area contributed by atoms with Gasteiger partial charge >= 0.3 is 26.2 Å². The second-order valence-electron chi connectivity index (χ2n) is 26.7. The Labute approximate surface area is 401 Å². The minimum atomic E-state index is 0. The smallest absolute Gasteiger partial charge is 1.00 e. The fourth-order valence-electron chi connectivity index (χ4n) is 21.2. The van der Waals surface area contributed by atoms with Crippen LogP contribution in [0.3, 0.4) is 0 Å². The quantitative estimate of drug-likeness (QED) is 0.281. The molecular weight excluding hydrogens is 859 g/mol. The zero-order valence-corrected chi connectivity index (χ0v) is 42.3. The van der Waals surface area contributed by atoms with Gasteiger partial charge in [-0.05, 0) is 254 Å². The van der Waals surface area contributed by atoms with E-state index < -0.39 is 0 Å². The second-order valence-corrected chi connectivity index (χ2v) is 26.7. The molecule has 0 N–H and O–H groups in total. The van der Waals surface area contributed by atoms with Crippen molar-refractivity contribution >= 4 is 0 Å². The van der Waals surface area contributed by atoms with E-state index in [4.69, 9.17) is 0 Å². The fraction of sp³-hybridized carbons (Fsp3) is 0.724. The predicted octanol–water partition coefficient (Wildman–Crippen LogP) is 9.29. The van der Waals surface area contributed by atoms with Crippen LogP contribution in [0.5, 0.6) is 0 Å². The topological polar surface area (TPSA) is 0 Å². The molecule has 61 heavy (non-hydrogen) atoms. The molecule has 0 radical (unpaired) electrons. The molecular formula is C58H74Cl2Zr. The summed E-state index contributed by atoms with van der Waals surface area (Å²) in [5, 5.41) is 0. The largest absolute Gasteiger partial charge is 2.00 e. The van der Waals surface area contributed by atoms with Gasteiger partial charge in [0, 0.05) is 11.3 Å². The number of benzene rings is 2. The number of fused-ring (bicyclic) bond motifs is 3. The van der Waals surface area contributed by atoms with Gasteiger partial charge in [0.1, 0.15) is 0 Å². The van der Waals surface area contributed by atoms with E-state index in [1.165, 1.54) is 109 Å². The van der Waals surface area contributed by atoms with Crippen LogP contribution in [0, 0.1) is 81.3 Å². The van der Waals surface area contributed by atoms with Crippen molar-refractivity contribution in [2.45, 2.75) is 180 Å². The summed E-state index contributed by atoms with van der Waals surface area (Å²) in [4.78, 5) is 0. The maximum Gasteiger partial charge on any atom is 2.00 e. The average Bonchev–Trinajstić information content (AvgIpc) is 3.83. The van der Waals surface area contributed by atoms with Crippen LogP contribution in [-0.2, 0) is 37.0 Å². The minimum Gasteiger partial charge on any atom is -1.00 e. The number of hydrogen-bond acceptors (Lipinski definition) is 0. The molecule has 0 amide bonds. The molecule has 3 heteroatoms. The van der Waals surface area contributed by atoms with Crippen molar-refractivity contribution in [1.82, 2.24) is 0 Å². The zero-order valence-electron chi connectivity index (χ0n) is 38.4. The van der Waals surface area contributed by atoms with E-state index in [9.17, 15) is 0 Å². The van der Waals surface area contributed by atoms with Gasteiger partial charge in [0.15, 0.2) is 0 Å². The third kappa shape index (κ3) is 5.94. The van der Waals surface area contributed by atoms with E-state index in [-0.39, 0.29) is 61.8 Å². The first-order chi connectivity index (χ1) is 27.9. The Morgan fingerprint density at radius 2 is 0.869 bits per heavy atom. The van der Waals surface area contributed by atoms with E-state index in [1.807, 2.05) is 16.7 Å². The van der Waals surface area contributed by atoms with Crippen molar-refractivity contribution in [2.24, 2.45) is 81.3 Å². The van der Waals surface area contributed by atoms with Gasteiger partial charge in [0.05, 0.1) is 0 Å². The van der Waals surface area contributed by atoms with Gasteiger partial charge in [0.2, 0.25) is 0 Å². The maximum absolute atomic E-state index is 2.99. The van der Waals surface area contributed by atoms with E-state index >= 15 is 0 Å². The summed E-state index contributed by atoms with van der Waals surface area (Å²) in [6.07, 6.45) is 32.8. The zero-order chi connectivity index (χ0) is 38.7. The van der Waals surface area contributed by atoms with E-state index in [1.54, 1.807) is 52.6 Å². The van der Waals surface area contributed by atoms with E-state index in [0.29, 0.717) is 34.0 Å². The average molecular weight is 933 g/mol. The molecule has 0 spiro atoms. The SMILES string of the molecule is CC(C)C1(C2c3ccc(C45CC6CC(CC(C6)C4)C5)cc3-c3cc(C45CC6CC(CC(C6)C4)C5)ccc32)CC(C(C)(C)C)C2=C1C=C(C13CC4CC(CC(C4)C1)C3)C2.[Cl-].[Cl-].[Zr+2]. The second kappa shape index (κ2) is 14.2. The minimum absolute atomic E-state index is 0. The molecule has 0 aliphatic heterocycles. The molecule has 0 saturated heterocycles. The summed E-state index contributed by atoms with van der Waals surface area (Å²) in [5.41, 5.74) is 17.8. The standard InChI is InChI=1S/C58H74.2ClH.Zr/c1-33(2)58(32-52(54(3,4)5)50-21-45(22-51(50)58)57-29-40-16-41(30-57)18-42(17-40)31-57)53-46-8-6-43(55-23-34-10-35(24-55)12-36(11-34)25-55)19-48(46)49-20-44(7-9-47(49)53)56-26-37-13-38(27-56)15-39(14-37)28-56;;;/h6-9,19-20,22,33-42,52-53H,10-18,21,23-32H2,1-5H3;2*1H;/q;;;+2/p-2. The molecule has 0 aromatic heterocycles. The van der Waals surface area contributed by atoms with Crippen molar-refractivity contribution in [3.63, 3.8) is 0 Å². The van der Waals surface area contributed by atoms with Crippen LogP contribution in [0.4, 0.5) is 0 Å². The van der Waals surface area contributed by atoms with Crippen molar-refractivity contribution in [2.75, 3.05) is 0 Å². The third-order valence-corrected chi connectivity index (χ3v) is 22.1. The Morgan fingerprint density at radius 1 is 0.508 bits per heavy atom. The third-order valence-electron chi connectivity index (χ3n) is 22.1. The summed E-state index contributed by atoms with van der Waals surface area (Å²) in [5.74, 6) is 10.7. The first-order valence-electron chi connectivity index (χ1n) is 25.6. The molecule has 2 unspecified atom stereocenters. The molecule has 15 aliphatic carbocycles. The Morgan fingerprint density at radius 3 is 1.21 bits per heavy atom. The summed E-state index contributed by atoms with van der Waals surface area (Å²) in [6, 6.07) is 16.8. The summed E-state index contributed by atoms with van der Waals surface area (Å²) in [7, 11) is 0. The van der Waals surface area contributed by atoms with Gasteiger partial charge in [0.25, 0.3) is 0 Å². The molecule has 12 saturated carbocycles. The monoisotopic (exact) mass is 930 g/mol.